The van der Waals surface area contributed by atoms with Gasteiger partial charge >= 0.3 is 0 Å². The summed E-state index contributed by atoms with van der Waals surface area (Å²) in [7, 11) is -3.05. The highest BCUT2D eigenvalue weighted by molar-refractivity contribution is 7.88. The maximum absolute atomic E-state index is 11.5. The van der Waals surface area contributed by atoms with Crippen LogP contribution in [0.25, 0.3) is 11.0 Å². The summed E-state index contributed by atoms with van der Waals surface area (Å²) in [5.74, 6) is 1.31. The van der Waals surface area contributed by atoms with Gasteiger partial charge in [0.25, 0.3) is 0 Å². The van der Waals surface area contributed by atoms with Gasteiger partial charge in [0, 0.05) is 24.4 Å². The van der Waals surface area contributed by atoms with Crippen LogP contribution in [-0.2, 0) is 10.0 Å². The largest absolute Gasteiger partial charge is 0.461 e. The van der Waals surface area contributed by atoms with Gasteiger partial charge in [0.15, 0.2) is 0 Å². The SMILES string of the molecule is CS(=O)(=O)N1CCC(c2cc3ccccc3o2)CC1. The molecule has 1 aliphatic rings. The van der Waals surface area contributed by atoms with E-state index < -0.39 is 10.0 Å². The number of hydrogen-bond donors (Lipinski definition) is 0. The second kappa shape index (κ2) is 4.65. The molecule has 0 atom stereocenters. The normalized spacial score (nSPS) is 19.0. The molecular weight excluding hydrogens is 262 g/mol. The molecule has 102 valence electrons. The fourth-order valence-electron chi connectivity index (χ4n) is 2.68. The molecular formula is C14H17NO3S. The summed E-state index contributed by atoms with van der Waals surface area (Å²) >= 11 is 0. The summed E-state index contributed by atoms with van der Waals surface area (Å²) in [6.45, 7) is 1.17. The molecule has 1 aromatic carbocycles. The average molecular weight is 279 g/mol. The van der Waals surface area contributed by atoms with E-state index in [1.807, 2.05) is 24.3 Å². The van der Waals surface area contributed by atoms with Crippen LogP contribution in [-0.4, -0.2) is 32.1 Å². The van der Waals surface area contributed by atoms with Crippen molar-refractivity contribution in [3.8, 4) is 0 Å². The number of furan rings is 1. The van der Waals surface area contributed by atoms with E-state index >= 15 is 0 Å². The van der Waals surface area contributed by atoms with Gasteiger partial charge in [0.1, 0.15) is 11.3 Å². The predicted octanol–water partition coefficient (Wildman–Crippen LogP) is 2.57. The minimum absolute atomic E-state index is 0.324. The fourth-order valence-corrected chi connectivity index (χ4v) is 3.55. The van der Waals surface area contributed by atoms with E-state index in [1.165, 1.54) is 6.26 Å². The summed E-state index contributed by atoms with van der Waals surface area (Å²) in [5, 5.41) is 1.11. The molecule has 0 saturated carbocycles. The van der Waals surface area contributed by atoms with Crippen molar-refractivity contribution in [1.82, 2.24) is 4.31 Å². The molecule has 1 fully saturated rings. The number of sulfonamides is 1. The molecule has 0 amide bonds. The first kappa shape index (κ1) is 12.7. The van der Waals surface area contributed by atoms with Gasteiger partial charge in [-0.05, 0) is 25.0 Å². The Hall–Kier alpha value is -1.33. The third-order valence-corrected chi connectivity index (χ3v) is 5.07. The van der Waals surface area contributed by atoms with Crippen molar-refractivity contribution in [3.05, 3.63) is 36.1 Å². The minimum Gasteiger partial charge on any atom is -0.461 e. The zero-order valence-electron chi connectivity index (χ0n) is 10.9. The molecule has 0 N–H and O–H groups in total. The molecule has 0 bridgehead atoms. The first-order valence-electron chi connectivity index (χ1n) is 6.47. The molecule has 0 radical (unpaired) electrons. The lowest BCUT2D eigenvalue weighted by Crippen LogP contribution is -2.37. The molecule has 1 saturated heterocycles. The third-order valence-electron chi connectivity index (χ3n) is 3.77. The Kier molecular flexibility index (Phi) is 3.11. The number of benzene rings is 1. The van der Waals surface area contributed by atoms with E-state index in [9.17, 15) is 8.42 Å². The molecule has 1 aliphatic heterocycles. The summed E-state index contributed by atoms with van der Waals surface area (Å²) < 4.78 is 30.4. The summed E-state index contributed by atoms with van der Waals surface area (Å²) in [4.78, 5) is 0. The zero-order chi connectivity index (χ0) is 13.5. The number of nitrogens with zero attached hydrogens (tertiary/aromatic N) is 1. The van der Waals surface area contributed by atoms with Crippen LogP contribution >= 0.6 is 0 Å². The van der Waals surface area contributed by atoms with Crippen molar-refractivity contribution in [2.24, 2.45) is 0 Å². The molecule has 0 aliphatic carbocycles. The highest BCUT2D eigenvalue weighted by atomic mass is 32.2. The van der Waals surface area contributed by atoms with Crippen molar-refractivity contribution in [2.45, 2.75) is 18.8 Å². The number of para-hydroxylation sites is 1. The van der Waals surface area contributed by atoms with Crippen molar-refractivity contribution in [1.29, 1.82) is 0 Å². The first-order valence-corrected chi connectivity index (χ1v) is 8.32. The third kappa shape index (κ3) is 2.53. The van der Waals surface area contributed by atoms with Gasteiger partial charge in [0.05, 0.1) is 6.26 Å². The van der Waals surface area contributed by atoms with Gasteiger partial charge < -0.3 is 4.42 Å². The van der Waals surface area contributed by atoms with Gasteiger partial charge in [0.2, 0.25) is 10.0 Å². The van der Waals surface area contributed by atoms with Crippen molar-refractivity contribution in [3.63, 3.8) is 0 Å². The second-order valence-corrected chi connectivity index (χ2v) is 7.11. The smallest absolute Gasteiger partial charge is 0.211 e. The molecule has 0 spiro atoms. The fraction of sp³-hybridized carbons (Fsp3) is 0.429. The Labute approximate surface area is 113 Å². The van der Waals surface area contributed by atoms with Crippen molar-refractivity contribution >= 4 is 21.0 Å². The van der Waals surface area contributed by atoms with Gasteiger partial charge in [-0.15, -0.1) is 0 Å². The van der Waals surface area contributed by atoms with Gasteiger partial charge in [-0.1, -0.05) is 18.2 Å². The quantitative estimate of drug-likeness (QED) is 0.849. The molecule has 0 unspecified atom stereocenters. The zero-order valence-corrected chi connectivity index (χ0v) is 11.7. The van der Waals surface area contributed by atoms with Gasteiger partial charge in [-0.2, -0.15) is 0 Å². The lowest BCUT2D eigenvalue weighted by Gasteiger charge is -2.29. The highest BCUT2D eigenvalue weighted by Gasteiger charge is 2.27. The maximum Gasteiger partial charge on any atom is 0.211 e. The van der Waals surface area contributed by atoms with Crippen LogP contribution in [0.15, 0.2) is 34.7 Å². The second-order valence-electron chi connectivity index (χ2n) is 5.12. The van der Waals surface area contributed by atoms with Crippen LogP contribution in [0.5, 0.6) is 0 Å². The predicted molar refractivity (Wildman–Crippen MR) is 74.6 cm³/mol. The number of rotatable bonds is 2. The summed E-state index contributed by atoms with van der Waals surface area (Å²) in [6.07, 6.45) is 2.92. The number of piperidine rings is 1. The van der Waals surface area contributed by atoms with E-state index in [-0.39, 0.29) is 0 Å². The van der Waals surface area contributed by atoms with Crippen molar-refractivity contribution < 1.29 is 12.8 Å². The van der Waals surface area contributed by atoms with Gasteiger partial charge in [-0.3, -0.25) is 0 Å². The average Bonchev–Trinajstić information content (AvgIpc) is 2.81. The van der Waals surface area contributed by atoms with Crippen LogP contribution in [0.1, 0.15) is 24.5 Å². The molecule has 4 nitrogen and oxygen atoms in total. The highest BCUT2D eigenvalue weighted by Crippen LogP contribution is 2.32. The van der Waals surface area contributed by atoms with Crippen LogP contribution < -0.4 is 0 Å². The van der Waals surface area contributed by atoms with E-state index in [0.717, 1.165) is 29.6 Å². The maximum atomic E-state index is 11.5. The first-order chi connectivity index (χ1) is 9.04. The molecule has 1 aromatic heterocycles. The van der Waals surface area contributed by atoms with E-state index in [2.05, 4.69) is 6.07 Å². The van der Waals surface area contributed by atoms with Crippen LogP contribution in [0.4, 0.5) is 0 Å². The Morgan fingerprint density at radius 1 is 1.21 bits per heavy atom. The number of fused-ring (bicyclic) bond motifs is 1. The lowest BCUT2D eigenvalue weighted by atomic mass is 9.95. The van der Waals surface area contributed by atoms with Gasteiger partial charge in [-0.25, -0.2) is 12.7 Å². The molecule has 19 heavy (non-hydrogen) atoms. The molecule has 2 aromatic rings. The minimum atomic E-state index is -3.05. The van der Waals surface area contributed by atoms with E-state index in [1.54, 1.807) is 4.31 Å². The van der Waals surface area contributed by atoms with Crippen LogP contribution in [0.2, 0.25) is 0 Å². The summed E-state index contributed by atoms with van der Waals surface area (Å²) in [5.41, 5.74) is 0.906. The molecule has 5 heteroatoms. The molecule has 3 rings (SSSR count). The Bertz CT molecular complexity index is 649. The Morgan fingerprint density at radius 3 is 2.53 bits per heavy atom. The van der Waals surface area contributed by atoms with Crippen molar-refractivity contribution in [2.75, 3.05) is 19.3 Å². The Balaban J connectivity index is 1.78. The van der Waals surface area contributed by atoms with Crippen LogP contribution in [0.3, 0.4) is 0 Å². The number of hydrogen-bond acceptors (Lipinski definition) is 3. The monoisotopic (exact) mass is 279 g/mol. The summed E-state index contributed by atoms with van der Waals surface area (Å²) in [6, 6.07) is 10.0. The van der Waals surface area contributed by atoms with E-state index in [0.29, 0.717) is 19.0 Å². The standard InChI is InChI=1S/C14H17NO3S/c1-19(16,17)15-8-6-11(7-9-15)14-10-12-4-2-3-5-13(12)18-14/h2-5,10-11H,6-9H2,1H3. The van der Waals surface area contributed by atoms with E-state index in [4.69, 9.17) is 4.42 Å². The lowest BCUT2D eigenvalue weighted by molar-refractivity contribution is 0.300. The molecule has 2 heterocycles. The van der Waals surface area contributed by atoms with Crippen LogP contribution in [0, 0.1) is 0 Å². The Morgan fingerprint density at radius 2 is 1.89 bits per heavy atom. The topological polar surface area (TPSA) is 50.5 Å².